The number of aromatic nitrogens is 1. The third kappa shape index (κ3) is 5.87. The van der Waals surface area contributed by atoms with Crippen LogP contribution in [0.2, 0.25) is 5.02 Å². The Morgan fingerprint density at radius 1 is 1.23 bits per heavy atom. The summed E-state index contributed by atoms with van der Waals surface area (Å²) in [4.78, 5) is 17.6. The molecule has 1 atom stereocenters. The van der Waals surface area contributed by atoms with Gasteiger partial charge in [0.25, 0.3) is 0 Å². The van der Waals surface area contributed by atoms with Gasteiger partial charge in [-0.25, -0.2) is 9.78 Å². The monoisotopic (exact) mass is 440 g/mol. The molecule has 1 saturated heterocycles. The number of piperidine rings is 1. The molecule has 0 saturated carbocycles. The van der Waals surface area contributed by atoms with Crippen molar-refractivity contribution in [2.45, 2.75) is 31.7 Å². The maximum atomic E-state index is 10.6. The topological polar surface area (TPSA) is 75.8 Å². The first-order chi connectivity index (χ1) is 15.1. The van der Waals surface area contributed by atoms with Gasteiger partial charge >= 0.3 is 5.97 Å². The number of likely N-dealkylation sites (tertiary alicyclic amines) is 1. The van der Waals surface area contributed by atoms with Crippen LogP contribution in [0.25, 0.3) is 0 Å². The minimum absolute atomic E-state index is 0.270. The van der Waals surface area contributed by atoms with Crippen molar-refractivity contribution in [2.24, 2.45) is 0 Å². The van der Waals surface area contributed by atoms with E-state index in [4.69, 9.17) is 25.9 Å². The minimum Gasteiger partial charge on any atom is -0.482 e. The van der Waals surface area contributed by atoms with Gasteiger partial charge in [-0.3, -0.25) is 4.90 Å². The highest BCUT2D eigenvalue weighted by atomic mass is 35.5. The number of nitrogens with zero attached hydrogens (tertiary/aromatic N) is 2. The Morgan fingerprint density at radius 3 is 2.81 bits per heavy atom. The number of ether oxygens (including phenoxy) is 1. The van der Waals surface area contributed by atoms with E-state index in [9.17, 15) is 4.79 Å². The summed E-state index contributed by atoms with van der Waals surface area (Å²) in [5, 5.41) is 9.44. The van der Waals surface area contributed by atoms with Gasteiger partial charge in [-0.15, -0.1) is 0 Å². The molecule has 0 aliphatic carbocycles. The van der Waals surface area contributed by atoms with Gasteiger partial charge in [0.1, 0.15) is 11.5 Å². The second kappa shape index (κ2) is 9.98. The normalized spacial score (nSPS) is 16.9. The highest BCUT2D eigenvalue weighted by molar-refractivity contribution is 6.31. The molecule has 31 heavy (non-hydrogen) atoms. The third-order valence-electron chi connectivity index (χ3n) is 5.44. The molecule has 0 bridgehead atoms. The fourth-order valence-electron chi connectivity index (χ4n) is 3.92. The van der Waals surface area contributed by atoms with Crippen LogP contribution in [0.15, 0.2) is 59.1 Å². The molecule has 6 nitrogen and oxygen atoms in total. The summed E-state index contributed by atoms with van der Waals surface area (Å²) >= 11 is 6.26. The summed E-state index contributed by atoms with van der Waals surface area (Å²) in [5.74, 6) is 1.48. The average Bonchev–Trinajstić information content (AvgIpc) is 3.24. The Hall–Kier alpha value is -2.83. The van der Waals surface area contributed by atoms with E-state index in [1.165, 1.54) is 0 Å². The van der Waals surface area contributed by atoms with Gasteiger partial charge < -0.3 is 14.3 Å². The van der Waals surface area contributed by atoms with E-state index in [0.717, 1.165) is 60.3 Å². The number of hydrogen-bond acceptors (Lipinski definition) is 5. The Bertz CT molecular complexity index is 1020. The molecule has 4 rings (SSSR count). The number of halogens is 1. The zero-order chi connectivity index (χ0) is 21.6. The van der Waals surface area contributed by atoms with Gasteiger partial charge in [0.2, 0.25) is 0 Å². The molecule has 3 aromatic rings. The van der Waals surface area contributed by atoms with Gasteiger partial charge in [-0.1, -0.05) is 41.9 Å². The first kappa shape index (κ1) is 21.4. The quantitative estimate of drug-likeness (QED) is 0.544. The summed E-state index contributed by atoms with van der Waals surface area (Å²) in [6.07, 6.45) is 4.60. The molecular formula is C24H25ClN2O4. The molecule has 0 radical (unpaired) electrons. The molecule has 0 amide bonds. The second-order valence-electron chi connectivity index (χ2n) is 7.83. The molecule has 1 aliphatic heterocycles. The van der Waals surface area contributed by atoms with Crippen molar-refractivity contribution in [3.05, 3.63) is 82.5 Å². The van der Waals surface area contributed by atoms with Crippen LogP contribution in [-0.2, 0) is 17.8 Å². The Labute approximate surface area is 186 Å². The minimum atomic E-state index is -0.981. The van der Waals surface area contributed by atoms with Crippen LogP contribution in [0.3, 0.4) is 0 Å². The van der Waals surface area contributed by atoms with Gasteiger partial charge in [0.15, 0.2) is 12.5 Å². The zero-order valence-electron chi connectivity index (χ0n) is 17.2. The number of rotatable bonds is 8. The summed E-state index contributed by atoms with van der Waals surface area (Å²) in [7, 11) is 0. The van der Waals surface area contributed by atoms with Gasteiger partial charge in [-0.2, -0.15) is 0 Å². The van der Waals surface area contributed by atoms with Crippen LogP contribution >= 0.6 is 11.6 Å². The highest BCUT2D eigenvalue weighted by Gasteiger charge is 2.25. The summed E-state index contributed by atoms with van der Waals surface area (Å²) in [5.41, 5.74) is 2.20. The molecule has 7 heteroatoms. The van der Waals surface area contributed by atoms with Crippen LogP contribution in [-0.4, -0.2) is 40.7 Å². The number of hydrogen-bond donors (Lipinski definition) is 1. The van der Waals surface area contributed by atoms with Crippen molar-refractivity contribution in [3.63, 3.8) is 0 Å². The van der Waals surface area contributed by atoms with E-state index in [1.807, 2.05) is 54.7 Å². The summed E-state index contributed by atoms with van der Waals surface area (Å²) in [6.45, 7) is 2.41. The lowest BCUT2D eigenvalue weighted by Gasteiger charge is -2.31. The number of carbonyl (C=O) groups is 1. The lowest BCUT2D eigenvalue weighted by Crippen LogP contribution is -2.34. The van der Waals surface area contributed by atoms with Crippen LogP contribution < -0.4 is 4.74 Å². The maximum absolute atomic E-state index is 10.6. The van der Waals surface area contributed by atoms with Crippen molar-refractivity contribution in [2.75, 3.05) is 19.7 Å². The highest BCUT2D eigenvalue weighted by Crippen LogP contribution is 2.29. The smallest absolute Gasteiger partial charge is 0.341 e. The standard InChI is InChI=1S/C24H25ClN2O4/c25-22-6-2-1-4-18(22)12-21-13-26-24(31-21)19-5-3-11-27(15-19)14-17-7-9-20(10-8-17)30-16-23(28)29/h1-2,4,6-10,13,19H,3,5,11-12,14-16H2,(H,28,29)/t19-/m1/s1. The molecule has 2 aromatic carbocycles. The molecule has 1 fully saturated rings. The van der Waals surface area contributed by atoms with Crippen LogP contribution in [0.1, 0.15) is 41.5 Å². The first-order valence-corrected chi connectivity index (χ1v) is 10.8. The number of carboxylic acid groups (broad SMARTS) is 1. The van der Waals surface area contributed by atoms with Crippen molar-refractivity contribution in [3.8, 4) is 5.75 Å². The van der Waals surface area contributed by atoms with Gasteiger partial charge in [-0.05, 0) is 48.7 Å². The number of benzene rings is 2. The molecule has 0 spiro atoms. The van der Waals surface area contributed by atoms with Crippen molar-refractivity contribution in [1.29, 1.82) is 0 Å². The predicted molar refractivity (Wildman–Crippen MR) is 118 cm³/mol. The SMILES string of the molecule is O=C(O)COc1ccc(CN2CCC[C@@H](c3ncc(Cc4ccccc4Cl)o3)C2)cc1. The van der Waals surface area contributed by atoms with E-state index in [2.05, 4.69) is 9.88 Å². The fraction of sp³-hybridized carbons (Fsp3) is 0.333. The van der Waals surface area contributed by atoms with E-state index in [1.54, 1.807) is 0 Å². The lowest BCUT2D eigenvalue weighted by molar-refractivity contribution is -0.139. The van der Waals surface area contributed by atoms with Crippen LogP contribution in [0, 0.1) is 0 Å². The van der Waals surface area contributed by atoms with Crippen molar-refractivity contribution < 1.29 is 19.1 Å². The fourth-order valence-corrected chi connectivity index (χ4v) is 4.12. The molecule has 1 aromatic heterocycles. The molecule has 0 unspecified atom stereocenters. The molecule has 1 N–H and O–H groups in total. The first-order valence-electron chi connectivity index (χ1n) is 10.4. The predicted octanol–water partition coefficient (Wildman–Crippen LogP) is 4.76. The summed E-state index contributed by atoms with van der Waals surface area (Å²) in [6, 6.07) is 15.4. The average molecular weight is 441 g/mol. The number of oxazole rings is 1. The van der Waals surface area contributed by atoms with E-state index < -0.39 is 5.97 Å². The largest absolute Gasteiger partial charge is 0.482 e. The van der Waals surface area contributed by atoms with Crippen molar-refractivity contribution >= 4 is 17.6 Å². The Morgan fingerprint density at radius 2 is 2.03 bits per heavy atom. The molecular weight excluding hydrogens is 416 g/mol. The Balaban J connectivity index is 1.34. The Kier molecular flexibility index (Phi) is 6.89. The second-order valence-corrected chi connectivity index (χ2v) is 8.24. The van der Waals surface area contributed by atoms with Crippen LogP contribution in [0.5, 0.6) is 5.75 Å². The number of aliphatic carboxylic acids is 1. The van der Waals surface area contributed by atoms with Crippen molar-refractivity contribution in [1.82, 2.24) is 9.88 Å². The molecule has 162 valence electrons. The lowest BCUT2D eigenvalue weighted by atomic mass is 9.97. The maximum Gasteiger partial charge on any atom is 0.341 e. The number of carboxylic acids is 1. The van der Waals surface area contributed by atoms with E-state index >= 15 is 0 Å². The van der Waals surface area contributed by atoms with Gasteiger partial charge in [0.05, 0.1) is 6.20 Å². The molecule has 2 heterocycles. The van der Waals surface area contributed by atoms with Crippen LogP contribution in [0.4, 0.5) is 0 Å². The summed E-state index contributed by atoms with van der Waals surface area (Å²) < 4.78 is 11.3. The zero-order valence-corrected chi connectivity index (χ0v) is 17.9. The van der Waals surface area contributed by atoms with E-state index in [-0.39, 0.29) is 12.5 Å². The molecule has 1 aliphatic rings. The van der Waals surface area contributed by atoms with Gasteiger partial charge in [0, 0.05) is 30.5 Å². The third-order valence-corrected chi connectivity index (χ3v) is 5.81. The van der Waals surface area contributed by atoms with E-state index in [0.29, 0.717) is 12.2 Å².